The average Bonchev–Trinajstić information content (AvgIpc) is 2.82. The number of esters is 1. The minimum absolute atomic E-state index is 0.000857. The molecule has 0 saturated carbocycles. The first-order valence-corrected chi connectivity index (χ1v) is 5.18. The summed E-state index contributed by atoms with van der Waals surface area (Å²) in [5.41, 5.74) is 0. The van der Waals surface area contributed by atoms with Crippen molar-refractivity contribution in [3.8, 4) is 0 Å². The predicted molar refractivity (Wildman–Crippen MR) is 58.8 cm³/mol. The molecule has 0 bridgehead atoms. The van der Waals surface area contributed by atoms with E-state index in [1.165, 1.54) is 19.2 Å². The molecular formula is C11H13NO6. The summed E-state index contributed by atoms with van der Waals surface area (Å²) in [7, 11) is 1.25. The van der Waals surface area contributed by atoms with Crippen molar-refractivity contribution in [3.05, 3.63) is 23.7 Å². The van der Waals surface area contributed by atoms with Gasteiger partial charge in [-0.3, -0.25) is 9.59 Å². The Morgan fingerprint density at radius 3 is 2.61 bits per heavy atom. The van der Waals surface area contributed by atoms with Gasteiger partial charge in [0, 0.05) is 6.42 Å². The maximum absolute atomic E-state index is 11.3. The lowest BCUT2D eigenvalue weighted by atomic mass is 10.3. The fourth-order valence-corrected chi connectivity index (χ4v) is 1.18. The second-order valence-electron chi connectivity index (χ2n) is 3.42. The van der Waals surface area contributed by atoms with Gasteiger partial charge in [0.2, 0.25) is 11.7 Å². The fourth-order valence-electron chi connectivity index (χ4n) is 1.18. The van der Waals surface area contributed by atoms with E-state index in [2.05, 4.69) is 10.1 Å². The largest absolute Gasteiger partial charge is 0.475 e. The van der Waals surface area contributed by atoms with Crippen LogP contribution in [-0.2, 0) is 20.9 Å². The highest BCUT2D eigenvalue weighted by Crippen LogP contribution is 2.07. The van der Waals surface area contributed by atoms with Gasteiger partial charge in [0.05, 0.1) is 20.1 Å². The Morgan fingerprint density at radius 1 is 1.33 bits per heavy atom. The molecule has 1 heterocycles. The molecule has 0 aliphatic carbocycles. The van der Waals surface area contributed by atoms with E-state index < -0.39 is 11.9 Å². The molecule has 18 heavy (non-hydrogen) atoms. The Balaban J connectivity index is 2.33. The number of carboxylic acid groups (broad SMARTS) is 1. The topological polar surface area (TPSA) is 106 Å². The maximum Gasteiger partial charge on any atom is 0.371 e. The molecule has 0 saturated heterocycles. The van der Waals surface area contributed by atoms with E-state index in [-0.39, 0.29) is 31.1 Å². The molecule has 1 rings (SSSR count). The van der Waals surface area contributed by atoms with Gasteiger partial charge in [-0.2, -0.15) is 0 Å². The molecule has 0 radical (unpaired) electrons. The molecule has 7 heteroatoms. The maximum atomic E-state index is 11.3. The van der Waals surface area contributed by atoms with Crippen LogP contribution in [0.3, 0.4) is 0 Å². The third kappa shape index (κ3) is 4.28. The Bertz CT molecular complexity index is 450. The second-order valence-corrected chi connectivity index (χ2v) is 3.42. The van der Waals surface area contributed by atoms with E-state index in [0.29, 0.717) is 5.76 Å². The number of carboxylic acids is 1. The van der Waals surface area contributed by atoms with Gasteiger partial charge in [0.15, 0.2) is 0 Å². The fraction of sp³-hybridized carbons (Fsp3) is 0.364. The standard InChI is InChI=1S/C11H13NO6/c1-17-10(14)5-4-9(13)12-6-7-2-3-8(18-7)11(15)16/h2-3H,4-6H2,1H3,(H,12,13)(H,15,16). The third-order valence-corrected chi connectivity index (χ3v) is 2.12. The summed E-state index contributed by atoms with van der Waals surface area (Å²) in [6.07, 6.45) is 0.0139. The van der Waals surface area contributed by atoms with Crippen LogP contribution >= 0.6 is 0 Å². The third-order valence-electron chi connectivity index (χ3n) is 2.12. The molecule has 0 aromatic carbocycles. The SMILES string of the molecule is COC(=O)CCC(=O)NCc1ccc(C(=O)O)o1. The lowest BCUT2D eigenvalue weighted by Crippen LogP contribution is -2.23. The molecule has 7 nitrogen and oxygen atoms in total. The van der Waals surface area contributed by atoms with E-state index in [9.17, 15) is 14.4 Å². The van der Waals surface area contributed by atoms with E-state index in [0.717, 1.165) is 0 Å². The van der Waals surface area contributed by atoms with Crippen molar-refractivity contribution < 1.29 is 28.6 Å². The lowest BCUT2D eigenvalue weighted by Gasteiger charge is -2.02. The number of nitrogens with one attached hydrogen (secondary N) is 1. The number of hydrogen-bond acceptors (Lipinski definition) is 5. The Morgan fingerprint density at radius 2 is 2.06 bits per heavy atom. The highest BCUT2D eigenvalue weighted by Gasteiger charge is 2.10. The Hall–Kier alpha value is -2.31. The van der Waals surface area contributed by atoms with Crippen molar-refractivity contribution in [2.24, 2.45) is 0 Å². The quantitative estimate of drug-likeness (QED) is 0.719. The molecule has 0 unspecified atom stereocenters. The molecule has 0 aliphatic heterocycles. The minimum atomic E-state index is -1.17. The number of rotatable bonds is 6. The van der Waals surface area contributed by atoms with Crippen LogP contribution in [0.5, 0.6) is 0 Å². The summed E-state index contributed by atoms with van der Waals surface area (Å²) < 4.78 is 9.33. The molecule has 0 aliphatic rings. The highest BCUT2D eigenvalue weighted by atomic mass is 16.5. The smallest absolute Gasteiger partial charge is 0.371 e. The molecule has 1 aromatic heterocycles. The molecule has 0 spiro atoms. The van der Waals surface area contributed by atoms with E-state index in [1.54, 1.807) is 0 Å². The van der Waals surface area contributed by atoms with Crippen molar-refractivity contribution in [2.45, 2.75) is 19.4 Å². The Kier molecular flexibility index (Phi) is 4.91. The number of methoxy groups -OCH3 is 1. The molecule has 1 amide bonds. The van der Waals surface area contributed by atoms with E-state index in [4.69, 9.17) is 9.52 Å². The van der Waals surface area contributed by atoms with Gasteiger partial charge in [0.1, 0.15) is 5.76 Å². The number of aromatic carboxylic acids is 1. The number of carbonyl (C=O) groups excluding carboxylic acids is 2. The van der Waals surface area contributed by atoms with Gasteiger partial charge in [0.25, 0.3) is 0 Å². The average molecular weight is 255 g/mol. The molecule has 1 aromatic rings. The van der Waals surface area contributed by atoms with E-state index >= 15 is 0 Å². The first-order chi connectivity index (χ1) is 8.52. The number of ether oxygens (including phenoxy) is 1. The minimum Gasteiger partial charge on any atom is -0.475 e. The normalized spacial score (nSPS) is 9.83. The van der Waals surface area contributed by atoms with Crippen LogP contribution in [0.1, 0.15) is 29.2 Å². The number of hydrogen-bond donors (Lipinski definition) is 2. The van der Waals surface area contributed by atoms with Crippen molar-refractivity contribution >= 4 is 17.8 Å². The molecule has 2 N–H and O–H groups in total. The van der Waals surface area contributed by atoms with Gasteiger partial charge in [-0.05, 0) is 12.1 Å². The van der Waals surface area contributed by atoms with Gasteiger partial charge in [-0.1, -0.05) is 0 Å². The van der Waals surface area contributed by atoms with Crippen LogP contribution in [0.2, 0.25) is 0 Å². The van der Waals surface area contributed by atoms with Gasteiger partial charge in [-0.25, -0.2) is 4.79 Å². The monoisotopic (exact) mass is 255 g/mol. The predicted octanol–water partition coefficient (Wildman–Crippen LogP) is 0.547. The number of amides is 1. The lowest BCUT2D eigenvalue weighted by molar-refractivity contribution is -0.142. The Labute approximate surface area is 103 Å². The second kappa shape index (κ2) is 6.43. The highest BCUT2D eigenvalue weighted by molar-refractivity contribution is 5.84. The summed E-state index contributed by atoms with van der Waals surface area (Å²) in [4.78, 5) is 32.6. The van der Waals surface area contributed by atoms with Crippen LogP contribution < -0.4 is 5.32 Å². The molecule has 98 valence electrons. The van der Waals surface area contributed by atoms with Gasteiger partial charge in [-0.15, -0.1) is 0 Å². The molecular weight excluding hydrogens is 242 g/mol. The zero-order chi connectivity index (χ0) is 13.5. The summed E-state index contributed by atoms with van der Waals surface area (Å²) in [6, 6.07) is 2.77. The summed E-state index contributed by atoms with van der Waals surface area (Å²) in [5.74, 6) is -1.82. The van der Waals surface area contributed by atoms with Crippen molar-refractivity contribution in [2.75, 3.05) is 7.11 Å². The first-order valence-electron chi connectivity index (χ1n) is 5.18. The van der Waals surface area contributed by atoms with Gasteiger partial charge < -0.3 is 19.6 Å². The molecule has 0 fully saturated rings. The van der Waals surface area contributed by atoms with Crippen LogP contribution in [0, 0.1) is 0 Å². The van der Waals surface area contributed by atoms with Crippen LogP contribution in [0.4, 0.5) is 0 Å². The molecule has 0 atom stereocenters. The summed E-state index contributed by atoms with van der Waals surface area (Å²) >= 11 is 0. The number of furan rings is 1. The van der Waals surface area contributed by atoms with Crippen molar-refractivity contribution in [1.29, 1.82) is 0 Å². The van der Waals surface area contributed by atoms with Crippen molar-refractivity contribution in [1.82, 2.24) is 5.32 Å². The number of carbonyl (C=O) groups is 3. The summed E-state index contributed by atoms with van der Waals surface area (Å²) in [6.45, 7) is 0.0767. The van der Waals surface area contributed by atoms with Crippen LogP contribution in [0.15, 0.2) is 16.5 Å². The van der Waals surface area contributed by atoms with E-state index in [1.807, 2.05) is 0 Å². The van der Waals surface area contributed by atoms with Crippen molar-refractivity contribution in [3.63, 3.8) is 0 Å². The first kappa shape index (κ1) is 13.8. The zero-order valence-electron chi connectivity index (χ0n) is 9.76. The van der Waals surface area contributed by atoms with Gasteiger partial charge >= 0.3 is 11.9 Å². The zero-order valence-corrected chi connectivity index (χ0v) is 9.76. The van der Waals surface area contributed by atoms with Crippen LogP contribution in [-0.4, -0.2) is 30.1 Å². The summed E-state index contributed by atoms with van der Waals surface area (Å²) in [5, 5.41) is 11.1. The van der Waals surface area contributed by atoms with Crippen LogP contribution in [0.25, 0.3) is 0 Å².